The summed E-state index contributed by atoms with van der Waals surface area (Å²) in [5, 5.41) is 3.04. The summed E-state index contributed by atoms with van der Waals surface area (Å²) in [7, 11) is 0. The highest BCUT2D eigenvalue weighted by molar-refractivity contribution is 5.77. The molecule has 0 spiro atoms. The minimum absolute atomic E-state index is 0.0209. The van der Waals surface area contributed by atoms with Crippen molar-refractivity contribution in [3.8, 4) is 11.5 Å². The van der Waals surface area contributed by atoms with Gasteiger partial charge in [0.05, 0.1) is 0 Å². The fourth-order valence-electron chi connectivity index (χ4n) is 3.45. The molecule has 4 heteroatoms. The van der Waals surface area contributed by atoms with Crippen molar-refractivity contribution >= 4 is 5.91 Å². The van der Waals surface area contributed by atoms with Crippen LogP contribution in [0.2, 0.25) is 0 Å². The number of hydrogen-bond acceptors (Lipinski definition) is 3. The zero-order chi connectivity index (χ0) is 19.2. The Labute approximate surface area is 165 Å². The number of ether oxygens (including phenoxy) is 2. The Bertz CT molecular complexity index is 886. The monoisotopic (exact) mass is 373 g/mol. The molecule has 28 heavy (non-hydrogen) atoms. The molecule has 3 aromatic rings. The first-order chi connectivity index (χ1) is 13.8. The van der Waals surface area contributed by atoms with E-state index in [2.05, 4.69) is 29.6 Å². The Kier molecular flexibility index (Phi) is 5.57. The van der Waals surface area contributed by atoms with Crippen LogP contribution in [0.4, 0.5) is 0 Å². The van der Waals surface area contributed by atoms with Gasteiger partial charge in [0, 0.05) is 18.9 Å². The van der Waals surface area contributed by atoms with E-state index in [0.717, 1.165) is 28.2 Å². The summed E-state index contributed by atoms with van der Waals surface area (Å²) in [5.74, 6) is 1.55. The van der Waals surface area contributed by atoms with E-state index in [-0.39, 0.29) is 11.8 Å². The molecule has 1 amide bonds. The van der Waals surface area contributed by atoms with Crippen molar-refractivity contribution in [2.45, 2.75) is 18.9 Å². The predicted octanol–water partition coefficient (Wildman–Crippen LogP) is 4.30. The fraction of sp³-hybridized carbons (Fsp3) is 0.208. The summed E-state index contributed by atoms with van der Waals surface area (Å²) in [6, 6.07) is 26.1. The minimum Gasteiger partial charge on any atom is -0.486 e. The molecule has 4 nitrogen and oxygen atoms in total. The van der Waals surface area contributed by atoms with Crippen molar-refractivity contribution in [1.82, 2.24) is 5.32 Å². The van der Waals surface area contributed by atoms with Gasteiger partial charge in [-0.2, -0.15) is 0 Å². The Hall–Kier alpha value is -3.27. The van der Waals surface area contributed by atoms with Crippen molar-refractivity contribution in [2.75, 3.05) is 13.2 Å². The normalized spacial score (nSPS) is 12.6. The van der Waals surface area contributed by atoms with Crippen molar-refractivity contribution in [3.63, 3.8) is 0 Å². The van der Waals surface area contributed by atoms with E-state index in [9.17, 15) is 4.79 Å². The molecule has 1 heterocycles. The number of benzene rings is 3. The highest BCUT2D eigenvalue weighted by atomic mass is 16.6. The van der Waals surface area contributed by atoms with Crippen LogP contribution in [0.3, 0.4) is 0 Å². The largest absolute Gasteiger partial charge is 0.486 e. The first kappa shape index (κ1) is 18.1. The Morgan fingerprint density at radius 3 is 2.07 bits per heavy atom. The van der Waals surface area contributed by atoms with Crippen LogP contribution in [0, 0.1) is 0 Å². The second-order valence-electron chi connectivity index (χ2n) is 6.83. The average Bonchev–Trinajstić information content (AvgIpc) is 2.77. The van der Waals surface area contributed by atoms with E-state index in [1.54, 1.807) is 0 Å². The van der Waals surface area contributed by atoms with E-state index >= 15 is 0 Å². The SMILES string of the molecule is O=C(CC(c1ccccc1)c1ccccc1)NCc1ccc2c(c1)OCCO2. The van der Waals surface area contributed by atoms with Gasteiger partial charge in [0.25, 0.3) is 0 Å². The first-order valence-corrected chi connectivity index (χ1v) is 9.55. The lowest BCUT2D eigenvalue weighted by Crippen LogP contribution is -2.25. The van der Waals surface area contributed by atoms with Gasteiger partial charge in [-0.05, 0) is 28.8 Å². The van der Waals surface area contributed by atoms with Gasteiger partial charge in [0.2, 0.25) is 5.91 Å². The number of carbonyl (C=O) groups is 1. The maximum Gasteiger partial charge on any atom is 0.221 e. The number of carbonyl (C=O) groups excluding carboxylic acids is 1. The minimum atomic E-state index is 0.0209. The molecular formula is C24H23NO3. The second kappa shape index (κ2) is 8.61. The van der Waals surface area contributed by atoms with Gasteiger partial charge in [-0.15, -0.1) is 0 Å². The average molecular weight is 373 g/mol. The first-order valence-electron chi connectivity index (χ1n) is 9.55. The molecule has 4 rings (SSSR count). The lowest BCUT2D eigenvalue weighted by atomic mass is 9.88. The van der Waals surface area contributed by atoms with E-state index < -0.39 is 0 Å². The topological polar surface area (TPSA) is 47.6 Å². The zero-order valence-electron chi connectivity index (χ0n) is 15.6. The molecule has 0 radical (unpaired) electrons. The van der Waals surface area contributed by atoms with Crippen LogP contribution >= 0.6 is 0 Å². The molecule has 0 aliphatic carbocycles. The van der Waals surface area contributed by atoms with Crippen LogP contribution in [0.5, 0.6) is 11.5 Å². The van der Waals surface area contributed by atoms with Gasteiger partial charge in [-0.1, -0.05) is 66.7 Å². The summed E-state index contributed by atoms with van der Waals surface area (Å²) in [6.45, 7) is 1.59. The van der Waals surface area contributed by atoms with E-state index in [1.807, 2.05) is 54.6 Å². The van der Waals surface area contributed by atoms with E-state index in [4.69, 9.17) is 9.47 Å². The van der Waals surface area contributed by atoms with Gasteiger partial charge < -0.3 is 14.8 Å². The number of fused-ring (bicyclic) bond motifs is 1. The van der Waals surface area contributed by atoms with Crippen molar-refractivity contribution in [2.24, 2.45) is 0 Å². The zero-order valence-corrected chi connectivity index (χ0v) is 15.6. The summed E-state index contributed by atoms with van der Waals surface area (Å²) >= 11 is 0. The van der Waals surface area contributed by atoms with Gasteiger partial charge >= 0.3 is 0 Å². The molecule has 0 bridgehead atoms. The molecule has 0 unspecified atom stereocenters. The molecule has 0 saturated carbocycles. The summed E-state index contributed by atoms with van der Waals surface area (Å²) in [5.41, 5.74) is 3.28. The van der Waals surface area contributed by atoms with Crippen LogP contribution in [-0.4, -0.2) is 19.1 Å². The lowest BCUT2D eigenvalue weighted by molar-refractivity contribution is -0.121. The lowest BCUT2D eigenvalue weighted by Gasteiger charge is -2.19. The molecule has 1 aliphatic rings. The molecule has 0 fully saturated rings. The standard InChI is InChI=1S/C24H23NO3/c26-24(25-17-18-11-12-22-23(15-18)28-14-13-27-22)16-21(19-7-3-1-4-8-19)20-9-5-2-6-10-20/h1-12,15,21H,13-14,16-17H2,(H,25,26). The highest BCUT2D eigenvalue weighted by Gasteiger charge is 2.18. The van der Waals surface area contributed by atoms with Gasteiger partial charge in [-0.25, -0.2) is 0 Å². The maximum absolute atomic E-state index is 12.7. The Morgan fingerprint density at radius 2 is 1.43 bits per heavy atom. The molecule has 142 valence electrons. The number of rotatable bonds is 6. The van der Waals surface area contributed by atoms with Gasteiger partial charge in [0.15, 0.2) is 11.5 Å². The van der Waals surface area contributed by atoms with Crippen LogP contribution < -0.4 is 14.8 Å². The van der Waals surface area contributed by atoms with Crippen LogP contribution in [-0.2, 0) is 11.3 Å². The fourth-order valence-corrected chi connectivity index (χ4v) is 3.45. The smallest absolute Gasteiger partial charge is 0.221 e. The van der Waals surface area contributed by atoms with Gasteiger partial charge in [-0.3, -0.25) is 4.79 Å². The summed E-state index contributed by atoms with van der Waals surface area (Å²) in [4.78, 5) is 12.7. The quantitative estimate of drug-likeness (QED) is 0.701. The molecule has 0 saturated heterocycles. The Balaban J connectivity index is 1.43. The molecule has 0 aromatic heterocycles. The van der Waals surface area contributed by atoms with Crippen molar-refractivity contribution in [3.05, 3.63) is 95.6 Å². The maximum atomic E-state index is 12.7. The third-order valence-electron chi connectivity index (χ3n) is 4.89. The van der Waals surface area contributed by atoms with Crippen LogP contribution in [0.25, 0.3) is 0 Å². The van der Waals surface area contributed by atoms with Crippen molar-refractivity contribution < 1.29 is 14.3 Å². The Morgan fingerprint density at radius 1 is 0.821 bits per heavy atom. The molecule has 1 N–H and O–H groups in total. The summed E-state index contributed by atoms with van der Waals surface area (Å²) < 4.78 is 11.2. The van der Waals surface area contributed by atoms with E-state index in [1.165, 1.54) is 0 Å². The second-order valence-corrected chi connectivity index (χ2v) is 6.83. The van der Waals surface area contributed by atoms with Crippen LogP contribution in [0.1, 0.15) is 29.0 Å². The molecule has 3 aromatic carbocycles. The third-order valence-corrected chi connectivity index (χ3v) is 4.89. The predicted molar refractivity (Wildman–Crippen MR) is 109 cm³/mol. The van der Waals surface area contributed by atoms with Crippen molar-refractivity contribution in [1.29, 1.82) is 0 Å². The number of hydrogen-bond donors (Lipinski definition) is 1. The molecule has 1 aliphatic heterocycles. The highest BCUT2D eigenvalue weighted by Crippen LogP contribution is 2.31. The number of nitrogens with one attached hydrogen (secondary N) is 1. The van der Waals surface area contributed by atoms with E-state index in [0.29, 0.717) is 26.2 Å². The molecular weight excluding hydrogens is 350 g/mol. The number of amides is 1. The third kappa shape index (κ3) is 4.34. The van der Waals surface area contributed by atoms with Crippen LogP contribution in [0.15, 0.2) is 78.9 Å². The summed E-state index contributed by atoms with van der Waals surface area (Å²) in [6.07, 6.45) is 0.401. The van der Waals surface area contributed by atoms with Gasteiger partial charge in [0.1, 0.15) is 13.2 Å². The molecule has 0 atom stereocenters.